The summed E-state index contributed by atoms with van der Waals surface area (Å²) in [5.74, 6) is 0. The second kappa shape index (κ2) is 8.42. The van der Waals surface area contributed by atoms with Gasteiger partial charge in [0.2, 0.25) is 0 Å². The lowest BCUT2D eigenvalue weighted by molar-refractivity contribution is -0.0436. The van der Waals surface area contributed by atoms with Gasteiger partial charge in [-0.25, -0.2) is 8.42 Å². The highest BCUT2D eigenvalue weighted by Crippen LogP contribution is 2.35. The maximum Gasteiger partial charge on any atom is 0.501 e. The molecule has 0 atom stereocenters. The number of pyridine rings is 1. The predicted octanol–water partition coefficient (Wildman–Crippen LogP) is 4.65. The van der Waals surface area contributed by atoms with E-state index in [2.05, 4.69) is 29.8 Å². The van der Waals surface area contributed by atoms with Crippen LogP contribution in [0.2, 0.25) is 0 Å². The molecular formula is C24H27F3N4O2S. The van der Waals surface area contributed by atoms with E-state index >= 15 is 0 Å². The first-order chi connectivity index (χ1) is 15.8. The first-order valence-electron chi connectivity index (χ1n) is 10.8. The van der Waals surface area contributed by atoms with Crippen molar-refractivity contribution in [2.75, 3.05) is 37.1 Å². The summed E-state index contributed by atoms with van der Waals surface area (Å²) in [6.07, 6.45) is 1.81. The van der Waals surface area contributed by atoms with E-state index in [4.69, 9.17) is 0 Å². The SMILES string of the molecule is CN(C)c1cccc2c(CN3CN(c4ccc(S(=O)(=O)C(F)(F)F)cc4)CC3(C)C)ccnc12. The Kier molecular flexibility index (Phi) is 6.02. The van der Waals surface area contributed by atoms with Gasteiger partial charge < -0.3 is 9.80 Å². The van der Waals surface area contributed by atoms with Crippen molar-refractivity contribution >= 4 is 32.1 Å². The molecule has 0 saturated carbocycles. The third-order valence-electron chi connectivity index (χ3n) is 6.28. The van der Waals surface area contributed by atoms with E-state index in [0.717, 1.165) is 34.3 Å². The average Bonchev–Trinajstić information content (AvgIpc) is 3.06. The van der Waals surface area contributed by atoms with Crippen molar-refractivity contribution in [1.29, 1.82) is 0 Å². The molecule has 0 bridgehead atoms. The molecule has 1 fully saturated rings. The Labute approximate surface area is 197 Å². The van der Waals surface area contributed by atoms with E-state index in [9.17, 15) is 21.6 Å². The standard InChI is InChI=1S/C24H27F3N4O2S/c1-23(2)15-30(18-8-10-19(11-9-18)34(32,33)24(25,26)27)16-31(23)14-17-12-13-28-22-20(17)6-5-7-21(22)29(3)4/h5-13H,14-16H2,1-4H3. The summed E-state index contributed by atoms with van der Waals surface area (Å²) in [5, 5.41) is 1.07. The lowest BCUT2D eigenvalue weighted by atomic mass is 10.0. The molecule has 2 heterocycles. The molecule has 0 unspecified atom stereocenters. The van der Waals surface area contributed by atoms with Gasteiger partial charge >= 0.3 is 5.51 Å². The minimum atomic E-state index is -5.36. The van der Waals surface area contributed by atoms with E-state index in [1.165, 1.54) is 12.1 Å². The normalized spacial score (nSPS) is 16.9. The van der Waals surface area contributed by atoms with Crippen LogP contribution in [0.5, 0.6) is 0 Å². The van der Waals surface area contributed by atoms with E-state index in [1.807, 2.05) is 48.3 Å². The number of rotatable bonds is 5. The summed E-state index contributed by atoms with van der Waals surface area (Å²) in [7, 11) is -1.40. The molecule has 1 aliphatic heterocycles. The van der Waals surface area contributed by atoms with Gasteiger partial charge in [-0.15, -0.1) is 0 Å². The van der Waals surface area contributed by atoms with Crippen molar-refractivity contribution in [2.45, 2.75) is 36.3 Å². The summed E-state index contributed by atoms with van der Waals surface area (Å²) in [4.78, 5) is 10.2. The number of fused-ring (bicyclic) bond motifs is 1. The lowest BCUT2D eigenvalue weighted by Crippen LogP contribution is -2.39. The van der Waals surface area contributed by atoms with Crippen LogP contribution in [0, 0.1) is 0 Å². The number of hydrogen-bond donors (Lipinski definition) is 0. The molecule has 0 spiro atoms. The first-order valence-corrected chi connectivity index (χ1v) is 12.2. The van der Waals surface area contributed by atoms with E-state index in [1.54, 1.807) is 0 Å². The fourth-order valence-electron chi connectivity index (χ4n) is 4.34. The van der Waals surface area contributed by atoms with Crippen LogP contribution in [-0.4, -0.2) is 56.7 Å². The zero-order valence-corrected chi connectivity index (χ0v) is 20.3. The monoisotopic (exact) mass is 492 g/mol. The van der Waals surface area contributed by atoms with Crippen LogP contribution in [-0.2, 0) is 16.4 Å². The summed E-state index contributed by atoms with van der Waals surface area (Å²) in [5.41, 5.74) is -1.76. The maximum absolute atomic E-state index is 12.8. The topological polar surface area (TPSA) is 56.8 Å². The van der Waals surface area contributed by atoms with Crippen LogP contribution in [0.4, 0.5) is 24.5 Å². The molecule has 4 rings (SSSR count). The van der Waals surface area contributed by atoms with Crippen LogP contribution in [0.15, 0.2) is 59.6 Å². The highest BCUT2D eigenvalue weighted by molar-refractivity contribution is 7.92. The van der Waals surface area contributed by atoms with Crippen molar-refractivity contribution in [3.8, 4) is 0 Å². The van der Waals surface area contributed by atoms with Gasteiger partial charge in [0.25, 0.3) is 9.84 Å². The van der Waals surface area contributed by atoms with Crippen molar-refractivity contribution in [2.24, 2.45) is 0 Å². The van der Waals surface area contributed by atoms with Gasteiger partial charge in [-0.05, 0) is 55.8 Å². The molecule has 182 valence electrons. The molecule has 0 radical (unpaired) electrons. The minimum Gasteiger partial charge on any atom is -0.376 e. The van der Waals surface area contributed by atoms with Gasteiger partial charge in [0.15, 0.2) is 0 Å². The molecule has 6 nitrogen and oxygen atoms in total. The van der Waals surface area contributed by atoms with E-state index < -0.39 is 20.2 Å². The molecule has 1 saturated heterocycles. The Morgan fingerprint density at radius 2 is 1.74 bits per heavy atom. The summed E-state index contributed by atoms with van der Waals surface area (Å²) < 4.78 is 61.9. The smallest absolute Gasteiger partial charge is 0.376 e. The molecule has 3 aromatic rings. The summed E-state index contributed by atoms with van der Waals surface area (Å²) in [6.45, 7) is 6.09. The fraction of sp³-hybridized carbons (Fsp3) is 0.375. The Hall–Kier alpha value is -2.85. The molecule has 1 aromatic heterocycles. The number of aromatic nitrogens is 1. The van der Waals surface area contributed by atoms with Crippen LogP contribution < -0.4 is 9.80 Å². The zero-order chi connectivity index (χ0) is 24.9. The fourth-order valence-corrected chi connectivity index (χ4v) is 5.10. The van der Waals surface area contributed by atoms with Gasteiger partial charge in [0, 0.05) is 50.0 Å². The predicted molar refractivity (Wildman–Crippen MR) is 128 cm³/mol. The van der Waals surface area contributed by atoms with Gasteiger partial charge in [0.05, 0.1) is 22.8 Å². The second-order valence-corrected chi connectivity index (χ2v) is 11.3. The molecule has 10 heteroatoms. The number of anilines is 2. The average molecular weight is 493 g/mol. The molecule has 0 amide bonds. The van der Waals surface area contributed by atoms with Crippen molar-refractivity contribution in [3.05, 3.63) is 60.3 Å². The molecular weight excluding hydrogens is 465 g/mol. The number of halogens is 3. The Balaban J connectivity index is 1.59. The molecule has 2 aromatic carbocycles. The van der Waals surface area contributed by atoms with Crippen LogP contribution in [0.3, 0.4) is 0 Å². The quantitative estimate of drug-likeness (QED) is 0.517. The van der Waals surface area contributed by atoms with Crippen molar-refractivity contribution in [1.82, 2.24) is 9.88 Å². The third-order valence-corrected chi connectivity index (χ3v) is 7.78. The Morgan fingerprint density at radius 1 is 1.06 bits per heavy atom. The third kappa shape index (κ3) is 4.32. The largest absolute Gasteiger partial charge is 0.501 e. The number of sulfone groups is 1. The maximum atomic E-state index is 12.8. The number of nitrogens with zero attached hydrogens (tertiary/aromatic N) is 4. The van der Waals surface area contributed by atoms with Crippen LogP contribution >= 0.6 is 0 Å². The number of alkyl halides is 3. The number of benzene rings is 2. The minimum absolute atomic E-state index is 0.217. The number of hydrogen-bond acceptors (Lipinski definition) is 6. The van der Waals surface area contributed by atoms with E-state index in [-0.39, 0.29) is 5.54 Å². The van der Waals surface area contributed by atoms with Gasteiger partial charge in [-0.3, -0.25) is 9.88 Å². The summed E-state index contributed by atoms with van der Waals surface area (Å²) in [6, 6.07) is 13.0. The first kappa shape index (κ1) is 24.3. The Bertz CT molecular complexity index is 1310. The van der Waals surface area contributed by atoms with Gasteiger partial charge in [0.1, 0.15) is 0 Å². The van der Waals surface area contributed by atoms with Crippen molar-refractivity contribution in [3.63, 3.8) is 0 Å². The molecule has 0 N–H and O–H groups in total. The number of para-hydroxylation sites is 1. The van der Waals surface area contributed by atoms with E-state index in [0.29, 0.717) is 25.4 Å². The van der Waals surface area contributed by atoms with Crippen molar-refractivity contribution < 1.29 is 21.6 Å². The zero-order valence-electron chi connectivity index (χ0n) is 19.5. The molecule has 1 aliphatic rings. The lowest BCUT2D eigenvalue weighted by Gasteiger charge is -2.30. The van der Waals surface area contributed by atoms with Gasteiger partial charge in [-0.1, -0.05) is 12.1 Å². The van der Waals surface area contributed by atoms with Crippen LogP contribution in [0.25, 0.3) is 10.9 Å². The molecule has 0 aliphatic carbocycles. The summed E-state index contributed by atoms with van der Waals surface area (Å²) >= 11 is 0. The highest BCUT2D eigenvalue weighted by Gasteiger charge is 2.47. The molecule has 34 heavy (non-hydrogen) atoms. The Morgan fingerprint density at radius 3 is 2.35 bits per heavy atom. The highest BCUT2D eigenvalue weighted by atomic mass is 32.2. The second-order valence-electron chi connectivity index (χ2n) is 9.33. The van der Waals surface area contributed by atoms with Crippen LogP contribution in [0.1, 0.15) is 19.4 Å². The van der Waals surface area contributed by atoms with Gasteiger partial charge in [-0.2, -0.15) is 13.2 Å².